The summed E-state index contributed by atoms with van der Waals surface area (Å²) in [5.41, 5.74) is 3.43. The van der Waals surface area contributed by atoms with Crippen LogP contribution in [0.15, 0.2) is 23.7 Å². The number of aromatic nitrogens is 1. The molecule has 0 aliphatic carbocycles. The van der Waals surface area contributed by atoms with Gasteiger partial charge in [0, 0.05) is 12.4 Å². The number of hydrogen-bond acceptors (Lipinski definition) is 2. The van der Waals surface area contributed by atoms with Crippen molar-refractivity contribution < 1.29 is 4.80 Å². The van der Waals surface area contributed by atoms with Crippen molar-refractivity contribution in [2.75, 3.05) is 0 Å². The van der Waals surface area contributed by atoms with Crippen LogP contribution in [0.4, 0.5) is 0 Å². The third-order valence-electron chi connectivity index (χ3n) is 0.663. The Morgan fingerprint density at radius 2 is 1.86 bits per heavy atom. The van der Waals surface area contributed by atoms with Crippen molar-refractivity contribution in [2.45, 2.75) is 0 Å². The first-order chi connectivity index (χ1) is 3.39. The molecule has 0 saturated carbocycles. The topological polar surface area (TPSA) is 33.1 Å². The highest BCUT2D eigenvalue weighted by atomic mass is 28.2. The summed E-state index contributed by atoms with van der Waals surface area (Å²) < 4.78 is 0. The van der Waals surface area contributed by atoms with E-state index in [1.807, 2.05) is 0 Å². The molecule has 0 spiro atoms. The van der Waals surface area contributed by atoms with Crippen LogP contribution in [0.2, 0.25) is 0 Å². The van der Waals surface area contributed by atoms with Gasteiger partial charge < -0.3 is 4.80 Å². The summed E-state index contributed by atoms with van der Waals surface area (Å²) in [6.45, 7) is 0. The molecule has 0 aromatic carbocycles. The minimum absolute atomic E-state index is 1.25. The molecule has 36 valence electrons. The highest BCUT2D eigenvalue weighted by Crippen LogP contribution is 1.72. The van der Waals surface area contributed by atoms with Crippen molar-refractivity contribution in [2.24, 2.45) is 0 Å². The van der Waals surface area contributed by atoms with Crippen LogP contribution in [0.25, 0.3) is 0 Å². The van der Waals surface area contributed by atoms with Gasteiger partial charge in [-0.2, -0.15) is 0 Å². The number of nitrogens with zero attached hydrogens (tertiary/aromatic N) is 1. The number of rotatable bonds is 0. The Hall–Kier alpha value is -0.703. The van der Waals surface area contributed by atoms with Crippen molar-refractivity contribution in [1.82, 2.24) is 4.98 Å². The van der Waals surface area contributed by atoms with E-state index in [2.05, 4.69) is 4.98 Å². The summed E-state index contributed by atoms with van der Waals surface area (Å²) >= 11 is 0. The molecule has 0 aliphatic rings. The van der Waals surface area contributed by atoms with Gasteiger partial charge in [-0.25, -0.2) is 0 Å². The highest BCUT2D eigenvalue weighted by Gasteiger charge is 1.79. The maximum atomic E-state index is 8.78. The van der Waals surface area contributed by atoms with Gasteiger partial charge in [0.1, 0.15) is 0 Å². The molecule has 0 radical (unpaired) electrons. The molecule has 1 aromatic heterocycles. The lowest BCUT2D eigenvalue weighted by Crippen LogP contribution is -1.89. The minimum Gasteiger partial charge on any atom is -0.563 e. The molecule has 0 atom stereocenters. The minimum atomic E-state index is -1.25. The summed E-state index contributed by atoms with van der Waals surface area (Å²) in [5.74, 6) is 0. The molecule has 7 heavy (non-hydrogen) atoms. The highest BCUT2D eigenvalue weighted by molar-refractivity contribution is 6.41. The van der Waals surface area contributed by atoms with E-state index in [0.717, 1.165) is 0 Å². The van der Waals surface area contributed by atoms with Gasteiger partial charge in [0.2, 0.25) is 0 Å². The zero-order valence-corrected chi connectivity index (χ0v) is 4.70. The average Bonchev–Trinajstić information content (AvgIpc) is 1.69. The van der Waals surface area contributed by atoms with E-state index in [9.17, 15) is 0 Å². The van der Waals surface area contributed by atoms with Gasteiger partial charge in [0.05, 0.1) is 0 Å². The summed E-state index contributed by atoms with van der Waals surface area (Å²) in [5, 5.41) is 0. The molecule has 1 rings (SSSR count). The molecule has 1 heterocycles. The second-order valence-electron chi connectivity index (χ2n) is 1.21. The molecule has 0 saturated heterocycles. The van der Waals surface area contributed by atoms with Crippen LogP contribution in [-0.2, 0) is 0 Å². The first-order valence-electron chi connectivity index (χ1n) is 1.98. The van der Waals surface area contributed by atoms with Gasteiger partial charge >= 0.3 is 0 Å². The Bertz CT molecular complexity index is 142. The van der Waals surface area contributed by atoms with E-state index in [4.69, 9.17) is 4.80 Å². The predicted molar refractivity (Wildman–Crippen MR) is 27.8 cm³/mol. The zero-order chi connectivity index (χ0) is 5.11. The van der Waals surface area contributed by atoms with Crippen LogP contribution < -0.4 is 0 Å². The molecule has 1 N–H and O–H groups in total. The van der Waals surface area contributed by atoms with Gasteiger partial charge in [-0.15, -0.1) is 0 Å². The molecule has 0 fully saturated rings. The Balaban J connectivity index is 3.02. The van der Waals surface area contributed by atoms with Gasteiger partial charge in [0.15, 0.2) is 0 Å². The lowest BCUT2D eigenvalue weighted by Gasteiger charge is -1.79. The Labute approximate surface area is 43.1 Å². The van der Waals surface area contributed by atoms with E-state index in [0.29, 0.717) is 0 Å². The van der Waals surface area contributed by atoms with Crippen molar-refractivity contribution in [3.05, 3.63) is 23.7 Å². The van der Waals surface area contributed by atoms with Crippen LogP contribution in [0, 0.1) is 0 Å². The quantitative estimate of drug-likeness (QED) is 0.473. The summed E-state index contributed by atoms with van der Waals surface area (Å²) in [7, 11) is -1.25. The fraction of sp³-hybridized carbons (Fsp3) is 0. The van der Waals surface area contributed by atoms with Gasteiger partial charge in [0.25, 0.3) is 8.64 Å². The van der Waals surface area contributed by atoms with Gasteiger partial charge in [-0.1, -0.05) is 0 Å². The Morgan fingerprint density at radius 1 is 1.29 bits per heavy atom. The van der Waals surface area contributed by atoms with E-state index in [1.54, 1.807) is 23.7 Å². The van der Waals surface area contributed by atoms with Crippen LogP contribution in [0.1, 0.15) is 0 Å². The molecular formula is C4H5NOSi. The van der Waals surface area contributed by atoms with Gasteiger partial charge in [-0.3, -0.25) is 4.98 Å². The van der Waals surface area contributed by atoms with E-state index < -0.39 is 8.64 Å². The van der Waals surface area contributed by atoms with Crippen molar-refractivity contribution >= 4 is 8.64 Å². The van der Waals surface area contributed by atoms with Crippen LogP contribution in [0.5, 0.6) is 0 Å². The maximum absolute atomic E-state index is 8.78. The molecular weight excluding hydrogens is 106 g/mol. The fourth-order valence-electron chi connectivity index (χ4n) is 0.344. The third kappa shape index (κ3) is 1.08. The standard InChI is InChI=1S/C4H5NOSi/c6-7-3-1-5-2-4-7/h1-4,6H. The second kappa shape index (κ2) is 1.84. The fourth-order valence-corrected chi connectivity index (χ4v) is 0.933. The Kier molecular flexibility index (Phi) is 1.17. The van der Waals surface area contributed by atoms with Crippen molar-refractivity contribution in [3.63, 3.8) is 0 Å². The molecule has 0 amide bonds. The zero-order valence-electron chi connectivity index (χ0n) is 3.70. The molecule has 0 aliphatic heterocycles. The number of hydrogen-bond donors (Lipinski definition) is 1. The van der Waals surface area contributed by atoms with E-state index in [1.165, 1.54) is 0 Å². The predicted octanol–water partition coefficient (Wildman–Crippen LogP) is -0.137. The maximum Gasteiger partial charge on any atom is 0.261 e. The molecule has 0 bridgehead atoms. The SMILES string of the molecule is O[si]1ccncc1. The van der Waals surface area contributed by atoms with E-state index in [-0.39, 0.29) is 0 Å². The van der Waals surface area contributed by atoms with Crippen LogP contribution >= 0.6 is 0 Å². The average molecular weight is 111 g/mol. The van der Waals surface area contributed by atoms with Crippen molar-refractivity contribution in [1.29, 1.82) is 0 Å². The van der Waals surface area contributed by atoms with Crippen molar-refractivity contribution in [3.8, 4) is 0 Å². The normalized spacial score (nSPS) is 8.57. The lowest BCUT2D eigenvalue weighted by molar-refractivity contribution is 0.606. The molecule has 2 nitrogen and oxygen atoms in total. The second-order valence-corrected chi connectivity index (χ2v) is 2.72. The Morgan fingerprint density at radius 3 is 2.14 bits per heavy atom. The summed E-state index contributed by atoms with van der Waals surface area (Å²) in [6.07, 6.45) is 3.24. The molecule has 1 aromatic rings. The molecule has 0 unspecified atom stereocenters. The summed E-state index contributed by atoms with van der Waals surface area (Å²) in [4.78, 5) is 12.5. The van der Waals surface area contributed by atoms with E-state index >= 15 is 0 Å². The largest absolute Gasteiger partial charge is 0.563 e. The smallest absolute Gasteiger partial charge is 0.261 e. The van der Waals surface area contributed by atoms with Crippen LogP contribution in [0.3, 0.4) is 0 Å². The van der Waals surface area contributed by atoms with Crippen LogP contribution in [-0.4, -0.2) is 18.4 Å². The lowest BCUT2D eigenvalue weighted by atomic mass is 10.9. The van der Waals surface area contributed by atoms with Gasteiger partial charge in [-0.05, 0) is 11.4 Å². The monoisotopic (exact) mass is 111 g/mol. The first kappa shape index (κ1) is 4.46. The first-order valence-corrected chi connectivity index (χ1v) is 3.59. The molecule has 3 heteroatoms. The summed E-state index contributed by atoms with van der Waals surface area (Å²) in [6, 6.07) is 0. The third-order valence-corrected chi connectivity index (χ3v) is 1.64.